The van der Waals surface area contributed by atoms with Gasteiger partial charge in [0.05, 0.1) is 22.5 Å². The number of amides is 2. The number of anilines is 2. The molecule has 4 nitrogen and oxygen atoms in total. The van der Waals surface area contributed by atoms with Gasteiger partial charge in [0.15, 0.2) is 0 Å². The van der Waals surface area contributed by atoms with Crippen molar-refractivity contribution in [1.29, 1.82) is 0 Å². The first kappa shape index (κ1) is 25.2. The zero-order chi connectivity index (χ0) is 24.2. The summed E-state index contributed by atoms with van der Waals surface area (Å²) in [6, 6.07) is 11.9. The van der Waals surface area contributed by atoms with Gasteiger partial charge in [-0.1, -0.05) is 84.2 Å². The van der Waals surface area contributed by atoms with Gasteiger partial charge in [-0.05, 0) is 49.2 Å². The molecule has 0 saturated heterocycles. The van der Waals surface area contributed by atoms with Gasteiger partial charge >= 0.3 is 0 Å². The predicted octanol–water partition coefficient (Wildman–Crippen LogP) is 7.98. The molecule has 180 valence electrons. The second-order valence-electron chi connectivity index (χ2n) is 9.11. The van der Waals surface area contributed by atoms with E-state index in [1.807, 2.05) is 46.2 Å². The molecule has 0 aliphatic carbocycles. The third kappa shape index (κ3) is 4.90. The maximum absolute atomic E-state index is 13.8. The number of carbonyl (C=O) groups excluding carboxylic acids is 2. The highest BCUT2D eigenvalue weighted by Crippen LogP contribution is 2.47. The molecule has 0 N–H and O–H groups in total. The van der Waals surface area contributed by atoms with Gasteiger partial charge in [0, 0.05) is 33.2 Å². The molecule has 34 heavy (non-hydrogen) atoms. The van der Waals surface area contributed by atoms with Gasteiger partial charge in [0.2, 0.25) is 0 Å². The molecule has 2 aromatic rings. The summed E-state index contributed by atoms with van der Waals surface area (Å²) in [6.07, 6.45) is 8.74. The van der Waals surface area contributed by atoms with Crippen molar-refractivity contribution in [2.45, 2.75) is 65.2 Å². The van der Waals surface area contributed by atoms with Crippen molar-refractivity contribution in [3.05, 3.63) is 56.5 Å². The standard InChI is InChI=1S/C28H32Br2N2O2/c1-3-5-7-9-15-31-23-13-11-19(29)17-21(23)25(27(31)33)26-22-18-20(30)12-14-24(22)32(28(26)34)16-10-8-6-4-2/h11-14,17-18H,3-10,15-16H2,1-2H3/b26-25-. The molecule has 0 saturated carbocycles. The number of rotatable bonds is 10. The van der Waals surface area contributed by atoms with E-state index in [1.54, 1.807) is 0 Å². The van der Waals surface area contributed by atoms with Crippen LogP contribution in [0.4, 0.5) is 11.4 Å². The van der Waals surface area contributed by atoms with Crippen molar-refractivity contribution < 1.29 is 9.59 Å². The molecule has 0 aromatic heterocycles. The molecule has 2 aliphatic heterocycles. The van der Waals surface area contributed by atoms with E-state index in [4.69, 9.17) is 0 Å². The smallest absolute Gasteiger partial charge is 0.259 e. The molecule has 4 rings (SSSR count). The van der Waals surface area contributed by atoms with Crippen LogP contribution in [0, 0.1) is 0 Å². The Labute approximate surface area is 219 Å². The highest BCUT2D eigenvalue weighted by atomic mass is 79.9. The first-order chi connectivity index (χ1) is 16.5. The van der Waals surface area contributed by atoms with Crippen LogP contribution in [0.3, 0.4) is 0 Å². The molecule has 0 bridgehead atoms. The second-order valence-corrected chi connectivity index (χ2v) is 10.9. The third-order valence-corrected chi connectivity index (χ3v) is 7.66. The van der Waals surface area contributed by atoms with Crippen molar-refractivity contribution in [1.82, 2.24) is 0 Å². The van der Waals surface area contributed by atoms with Crippen molar-refractivity contribution in [2.75, 3.05) is 22.9 Å². The minimum Gasteiger partial charge on any atom is -0.308 e. The fourth-order valence-corrected chi connectivity index (χ4v) is 5.65. The first-order valence-corrected chi connectivity index (χ1v) is 14.0. The normalized spacial score (nSPS) is 17.1. The minimum absolute atomic E-state index is 0.0632. The van der Waals surface area contributed by atoms with E-state index >= 15 is 0 Å². The molecule has 2 aliphatic rings. The lowest BCUT2D eigenvalue weighted by molar-refractivity contribution is -0.114. The Morgan fingerprint density at radius 1 is 0.618 bits per heavy atom. The number of fused-ring (bicyclic) bond motifs is 2. The topological polar surface area (TPSA) is 40.6 Å². The number of hydrogen-bond acceptors (Lipinski definition) is 2. The Kier molecular flexibility index (Phi) is 8.30. The van der Waals surface area contributed by atoms with Crippen molar-refractivity contribution in [2.24, 2.45) is 0 Å². The number of benzene rings is 2. The quantitative estimate of drug-likeness (QED) is 0.209. The molecule has 0 unspecified atom stereocenters. The first-order valence-electron chi connectivity index (χ1n) is 12.5. The van der Waals surface area contributed by atoms with Gasteiger partial charge in [-0.2, -0.15) is 0 Å². The number of hydrogen-bond donors (Lipinski definition) is 0. The fraction of sp³-hybridized carbons (Fsp3) is 0.429. The average molecular weight is 588 g/mol. The van der Waals surface area contributed by atoms with Crippen molar-refractivity contribution in [3.63, 3.8) is 0 Å². The average Bonchev–Trinajstić information content (AvgIpc) is 3.23. The Hall–Kier alpha value is -1.92. The molecular weight excluding hydrogens is 556 g/mol. The Morgan fingerprint density at radius 3 is 1.41 bits per heavy atom. The molecule has 2 aromatic carbocycles. The Morgan fingerprint density at radius 2 is 1.03 bits per heavy atom. The lowest BCUT2D eigenvalue weighted by Gasteiger charge is -2.17. The number of unbranched alkanes of at least 4 members (excludes halogenated alkanes) is 6. The van der Waals surface area contributed by atoms with Crippen LogP contribution in [0.5, 0.6) is 0 Å². The van der Waals surface area contributed by atoms with E-state index < -0.39 is 0 Å². The monoisotopic (exact) mass is 586 g/mol. The van der Waals surface area contributed by atoms with Crippen molar-refractivity contribution >= 4 is 66.2 Å². The van der Waals surface area contributed by atoms with E-state index in [0.717, 1.165) is 82.8 Å². The van der Waals surface area contributed by atoms with Gasteiger partial charge in [-0.25, -0.2) is 0 Å². The van der Waals surface area contributed by atoms with Crippen LogP contribution < -0.4 is 9.80 Å². The summed E-state index contributed by atoms with van der Waals surface area (Å²) >= 11 is 7.16. The zero-order valence-corrected chi connectivity index (χ0v) is 23.2. The zero-order valence-electron chi connectivity index (χ0n) is 20.0. The number of carbonyl (C=O) groups is 2. The predicted molar refractivity (Wildman–Crippen MR) is 148 cm³/mol. The SMILES string of the molecule is CCCCCCN1C(=O)/C(=C2\C(=O)N(CCCCCC)c3ccc(Br)cc32)c2cc(Br)ccc21. The maximum Gasteiger partial charge on any atom is 0.259 e. The summed E-state index contributed by atoms with van der Waals surface area (Å²) in [6.45, 7) is 5.71. The van der Waals surface area contributed by atoms with Crippen LogP contribution in [0.2, 0.25) is 0 Å². The van der Waals surface area contributed by atoms with Gasteiger partial charge in [0.25, 0.3) is 11.8 Å². The molecule has 0 radical (unpaired) electrons. The highest BCUT2D eigenvalue weighted by molar-refractivity contribution is 9.10. The van der Waals surface area contributed by atoms with Gasteiger partial charge in [-0.3, -0.25) is 9.59 Å². The lowest BCUT2D eigenvalue weighted by atomic mass is 9.96. The van der Waals surface area contributed by atoms with E-state index in [0.29, 0.717) is 24.2 Å². The van der Waals surface area contributed by atoms with Crippen LogP contribution in [0.25, 0.3) is 11.1 Å². The molecular formula is C28H32Br2N2O2. The lowest BCUT2D eigenvalue weighted by Crippen LogP contribution is -2.30. The molecule has 0 spiro atoms. The van der Waals surface area contributed by atoms with Crippen LogP contribution in [0.15, 0.2) is 45.3 Å². The number of nitrogens with zero attached hydrogens (tertiary/aromatic N) is 2. The minimum atomic E-state index is -0.0632. The highest BCUT2D eigenvalue weighted by Gasteiger charge is 2.41. The van der Waals surface area contributed by atoms with E-state index in [9.17, 15) is 9.59 Å². The summed E-state index contributed by atoms with van der Waals surface area (Å²) < 4.78 is 1.81. The van der Waals surface area contributed by atoms with Gasteiger partial charge in [-0.15, -0.1) is 0 Å². The van der Waals surface area contributed by atoms with Gasteiger partial charge < -0.3 is 9.80 Å². The third-order valence-electron chi connectivity index (χ3n) is 6.68. The Balaban J connectivity index is 1.78. The van der Waals surface area contributed by atoms with E-state index in [2.05, 4.69) is 45.7 Å². The summed E-state index contributed by atoms with van der Waals surface area (Å²) in [5.41, 5.74) is 4.56. The summed E-state index contributed by atoms with van der Waals surface area (Å²) in [4.78, 5) is 31.4. The second kappa shape index (κ2) is 11.2. The van der Waals surface area contributed by atoms with Crippen LogP contribution in [-0.2, 0) is 9.59 Å². The molecule has 2 heterocycles. The van der Waals surface area contributed by atoms with Gasteiger partial charge in [0.1, 0.15) is 0 Å². The summed E-state index contributed by atoms with van der Waals surface area (Å²) in [5, 5.41) is 0. The molecule has 0 fully saturated rings. The van der Waals surface area contributed by atoms with Crippen molar-refractivity contribution in [3.8, 4) is 0 Å². The molecule has 6 heteroatoms. The van der Waals surface area contributed by atoms with E-state index in [1.165, 1.54) is 0 Å². The molecule has 0 atom stereocenters. The Bertz CT molecular complexity index is 1040. The summed E-state index contributed by atoms with van der Waals surface area (Å²) in [5.74, 6) is -0.126. The van der Waals surface area contributed by atoms with Crippen LogP contribution in [-0.4, -0.2) is 24.9 Å². The van der Waals surface area contributed by atoms with Crippen LogP contribution >= 0.6 is 31.9 Å². The maximum atomic E-state index is 13.8. The molecule has 2 amide bonds. The van der Waals surface area contributed by atoms with E-state index in [-0.39, 0.29) is 11.8 Å². The largest absolute Gasteiger partial charge is 0.308 e. The van der Waals surface area contributed by atoms with Crippen LogP contribution in [0.1, 0.15) is 76.3 Å². The fourth-order valence-electron chi connectivity index (χ4n) is 4.93. The number of halogens is 2. The summed E-state index contributed by atoms with van der Waals surface area (Å²) in [7, 11) is 0.